The second-order valence-electron chi connectivity index (χ2n) is 5.49. The maximum atomic E-state index is 12.4. The fourth-order valence-corrected chi connectivity index (χ4v) is 2.83. The zero-order valence-corrected chi connectivity index (χ0v) is 12.5. The van der Waals surface area contributed by atoms with Gasteiger partial charge in [0.05, 0.1) is 12.2 Å². The van der Waals surface area contributed by atoms with E-state index >= 15 is 0 Å². The zero-order chi connectivity index (χ0) is 15.1. The van der Waals surface area contributed by atoms with Crippen molar-refractivity contribution >= 4 is 0 Å². The van der Waals surface area contributed by atoms with E-state index in [0.29, 0.717) is 12.2 Å². The quantitative estimate of drug-likeness (QED) is 0.796. The predicted molar refractivity (Wildman–Crippen MR) is 80.9 cm³/mol. The van der Waals surface area contributed by atoms with Crippen LogP contribution in [0.25, 0.3) is 11.1 Å². The Bertz CT molecular complexity index is 831. The second-order valence-corrected chi connectivity index (χ2v) is 5.49. The van der Waals surface area contributed by atoms with Crippen LogP contribution in [0.4, 0.5) is 0 Å². The van der Waals surface area contributed by atoms with Crippen molar-refractivity contribution in [1.82, 2.24) is 9.13 Å². The lowest BCUT2D eigenvalue weighted by atomic mass is 9.95. The molecule has 0 saturated heterocycles. The molecular weight excluding hydrogens is 268 g/mol. The Morgan fingerprint density at radius 3 is 2.67 bits per heavy atom. The number of nitrogens with zero attached hydrogens (tertiary/aromatic N) is 2. The average molecular weight is 286 g/mol. The van der Waals surface area contributed by atoms with Gasteiger partial charge in [-0.15, -0.1) is 0 Å². The first-order valence-corrected chi connectivity index (χ1v) is 7.03. The summed E-state index contributed by atoms with van der Waals surface area (Å²) >= 11 is 0. The maximum Gasteiger partial charge on any atom is 0.330 e. The second kappa shape index (κ2) is 4.91. The van der Waals surface area contributed by atoms with Gasteiger partial charge in [0.2, 0.25) is 0 Å². The van der Waals surface area contributed by atoms with Gasteiger partial charge in [-0.2, -0.15) is 0 Å². The molecule has 110 valence electrons. The third-order valence-electron chi connectivity index (χ3n) is 4.05. The first-order chi connectivity index (χ1) is 10.0. The van der Waals surface area contributed by atoms with Crippen molar-refractivity contribution in [2.75, 3.05) is 6.61 Å². The Hall–Kier alpha value is -2.30. The third-order valence-corrected chi connectivity index (χ3v) is 4.05. The summed E-state index contributed by atoms with van der Waals surface area (Å²) in [6.07, 6.45) is 3.54. The highest BCUT2D eigenvalue weighted by molar-refractivity contribution is 5.72. The van der Waals surface area contributed by atoms with Crippen LogP contribution < -0.4 is 16.0 Å². The van der Waals surface area contributed by atoms with Crippen LogP contribution in [-0.4, -0.2) is 15.7 Å². The molecule has 0 aliphatic carbocycles. The minimum Gasteiger partial charge on any atom is -0.493 e. The average Bonchev–Trinajstić information content (AvgIpc) is 2.50. The number of hydrogen-bond acceptors (Lipinski definition) is 3. The highest BCUT2D eigenvalue weighted by Gasteiger charge is 2.20. The molecule has 0 atom stereocenters. The van der Waals surface area contributed by atoms with Gasteiger partial charge in [0.1, 0.15) is 5.75 Å². The molecule has 0 amide bonds. The van der Waals surface area contributed by atoms with Crippen molar-refractivity contribution in [2.24, 2.45) is 14.1 Å². The number of hydrogen-bond donors (Lipinski definition) is 0. The first-order valence-electron chi connectivity index (χ1n) is 7.03. The van der Waals surface area contributed by atoms with Crippen LogP contribution in [0.3, 0.4) is 0 Å². The molecule has 2 heterocycles. The Kier molecular flexibility index (Phi) is 3.20. The summed E-state index contributed by atoms with van der Waals surface area (Å²) in [6, 6.07) is 3.91. The van der Waals surface area contributed by atoms with Crippen LogP contribution in [0.2, 0.25) is 0 Å². The topological polar surface area (TPSA) is 53.2 Å². The molecule has 0 radical (unpaired) electrons. The minimum absolute atomic E-state index is 0.293. The number of rotatable bonds is 1. The fraction of sp³-hybridized carbons (Fsp3) is 0.375. The van der Waals surface area contributed by atoms with E-state index < -0.39 is 0 Å². The van der Waals surface area contributed by atoms with Crippen molar-refractivity contribution in [2.45, 2.75) is 19.8 Å². The largest absolute Gasteiger partial charge is 0.493 e. The van der Waals surface area contributed by atoms with Crippen molar-refractivity contribution in [3.63, 3.8) is 0 Å². The van der Waals surface area contributed by atoms with Crippen molar-refractivity contribution < 1.29 is 4.74 Å². The summed E-state index contributed by atoms with van der Waals surface area (Å²) < 4.78 is 8.37. The van der Waals surface area contributed by atoms with Crippen molar-refractivity contribution in [3.05, 3.63) is 50.3 Å². The number of aromatic nitrogens is 2. The molecule has 0 N–H and O–H groups in total. The normalized spacial score (nSPS) is 13.7. The van der Waals surface area contributed by atoms with Crippen LogP contribution in [0.1, 0.15) is 17.5 Å². The summed E-state index contributed by atoms with van der Waals surface area (Å²) in [5.41, 5.74) is 2.98. The molecule has 0 fully saturated rings. The number of ether oxygens (including phenoxy) is 1. The van der Waals surface area contributed by atoms with Gasteiger partial charge in [0.25, 0.3) is 5.56 Å². The van der Waals surface area contributed by atoms with E-state index in [1.807, 2.05) is 12.1 Å². The number of fused-ring (bicyclic) bond motifs is 1. The molecule has 5 nitrogen and oxygen atoms in total. The Balaban J connectivity index is 2.32. The van der Waals surface area contributed by atoms with E-state index in [1.165, 1.54) is 17.2 Å². The summed E-state index contributed by atoms with van der Waals surface area (Å²) in [5.74, 6) is 0.789. The molecule has 2 aromatic rings. The lowest BCUT2D eigenvalue weighted by molar-refractivity contribution is 0.289. The summed E-state index contributed by atoms with van der Waals surface area (Å²) in [5, 5.41) is 0. The predicted octanol–water partition coefficient (Wildman–Crippen LogP) is 1.38. The van der Waals surface area contributed by atoms with E-state index in [2.05, 4.69) is 6.92 Å². The lowest BCUT2D eigenvalue weighted by Crippen LogP contribution is -2.37. The van der Waals surface area contributed by atoms with E-state index in [4.69, 9.17) is 4.74 Å². The smallest absolute Gasteiger partial charge is 0.330 e. The van der Waals surface area contributed by atoms with Gasteiger partial charge in [-0.1, -0.05) is 12.1 Å². The molecule has 1 aliphatic rings. The van der Waals surface area contributed by atoms with Crippen LogP contribution in [-0.2, 0) is 20.5 Å². The van der Waals surface area contributed by atoms with Crippen molar-refractivity contribution in [3.8, 4) is 16.9 Å². The van der Waals surface area contributed by atoms with Crippen LogP contribution in [0, 0.1) is 6.92 Å². The summed E-state index contributed by atoms with van der Waals surface area (Å²) in [7, 11) is 3.14. The van der Waals surface area contributed by atoms with Gasteiger partial charge in [0, 0.05) is 25.9 Å². The molecule has 0 bridgehead atoms. The number of benzene rings is 1. The Morgan fingerprint density at radius 1 is 1.14 bits per heavy atom. The highest BCUT2D eigenvalue weighted by atomic mass is 16.5. The molecule has 21 heavy (non-hydrogen) atoms. The Morgan fingerprint density at radius 2 is 1.90 bits per heavy atom. The SMILES string of the molecule is Cc1ccc(-c2cn(C)c(=O)n(C)c2=O)c2c1CCCO2. The van der Waals surface area contributed by atoms with Gasteiger partial charge in [-0.3, -0.25) is 9.36 Å². The fourth-order valence-electron chi connectivity index (χ4n) is 2.83. The molecule has 0 spiro atoms. The first kappa shape index (κ1) is 13.7. The maximum absolute atomic E-state index is 12.4. The third kappa shape index (κ3) is 2.09. The molecule has 3 rings (SSSR count). The highest BCUT2D eigenvalue weighted by Crippen LogP contribution is 2.36. The van der Waals surface area contributed by atoms with Crippen LogP contribution in [0.5, 0.6) is 5.75 Å². The molecule has 1 aromatic carbocycles. The van der Waals surface area contributed by atoms with Crippen LogP contribution >= 0.6 is 0 Å². The van der Waals surface area contributed by atoms with Gasteiger partial charge >= 0.3 is 5.69 Å². The molecule has 0 saturated carbocycles. The van der Waals surface area contributed by atoms with Gasteiger partial charge in [0.15, 0.2) is 0 Å². The van der Waals surface area contributed by atoms with Gasteiger partial charge in [-0.25, -0.2) is 4.79 Å². The van der Waals surface area contributed by atoms with E-state index in [1.54, 1.807) is 13.2 Å². The van der Waals surface area contributed by atoms with E-state index in [9.17, 15) is 9.59 Å². The van der Waals surface area contributed by atoms with Gasteiger partial charge < -0.3 is 9.30 Å². The minimum atomic E-state index is -0.328. The van der Waals surface area contributed by atoms with E-state index in [-0.39, 0.29) is 11.2 Å². The Labute approximate surface area is 122 Å². The molecule has 1 aliphatic heterocycles. The molecule has 5 heteroatoms. The number of aryl methyl sites for hydroxylation is 2. The molecule has 0 unspecified atom stereocenters. The molecule has 1 aromatic heterocycles. The summed E-state index contributed by atoms with van der Waals surface area (Å²) in [6.45, 7) is 2.71. The van der Waals surface area contributed by atoms with Crippen LogP contribution in [0.15, 0.2) is 27.9 Å². The monoisotopic (exact) mass is 286 g/mol. The van der Waals surface area contributed by atoms with E-state index in [0.717, 1.165) is 34.3 Å². The van der Waals surface area contributed by atoms with Crippen molar-refractivity contribution in [1.29, 1.82) is 0 Å². The summed E-state index contributed by atoms with van der Waals surface area (Å²) in [4.78, 5) is 24.2. The zero-order valence-electron chi connectivity index (χ0n) is 12.5. The lowest BCUT2D eigenvalue weighted by Gasteiger charge is -2.22. The molecular formula is C16H18N2O3. The standard InChI is InChI=1S/C16H18N2O3/c1-10-6-7-12(14-11(10)5-4-8-21-14)13-9-17(2)16(20)18(3)15(13)19/h6-7,9H,4-5,8H2,1-3H3. The van der Waals surface area contributed by atoms with Gasteiger partial charge in [-0.05, 0) is 30.9 Å².